The first kappa shape index (κ1) is 32.4. The summed E-state index contributed by atoms with van der Waals surface area (Å²) >= 11 is 0. The minimum atomic E-state index is -4.38. The van der Waals surface area contributed by atoms with Gasteiger partial charge >= 0.3 is 12.1 Å². The van der Waals surface area contributed by atoms with Crippen LogP contribution < -0.4 is 5.32 Å². The van der Waals surface area contributed by atoms with Crippen LogP contribution in [0, 0.1) is 23.6 Å². The Morgan fingerprint density at radius 3 is 2.30 bits per heavy atom. The molecule has 44 heavy (non-hydrogen) atoms. The summed E-state index contributed by atoms with van der Waals surface area (Å²) < 4.78 is 52.6. The zero-order valence-corrected chi connectivity index (χ0v) is 25.1. The Hall–Kier alpha value is -2.98. The van der Waals surface area contributed by atoms with Crippen LogP contribution in [0.5, 0.6) is 0 Å². The molecular weight excluding hydrogens is 574 g/mol. The molecule has 2 heterocycles. The summed E-state index contributed by atoms with van der Waals surface area (Å²) in [5.41, 5.74) is 0.830. The van der Waals surface area contributed by atoms with E-state index in [1.165, 1.54) is 18.2 Å². The third-order valence-corrected chi connectivity index (χ3v) is 9.93. The Morgan fingerprint density at radius 2 is 1.66 bits per heavy atom. The van der Waals surface area contributed by atoms with Gasteiger partial charge in [-0.2, -0.15) is 13.2 Å². The first-order valence-electron chi connectivity index (χ1n) is 15.9. The van der Waals surface area contributed by atoms with E-state index >= 15 is 0 Å². The number of carboxylic acids is 1. The van der Waals surface area contributed by atoms with Gasteiger partial charge in [-0.05, 0) is 91.9 Å². The molecule has 0 radical (unpaired) electrons. The highest BCUT2D eigenvalue weighted by atomic mass is 19.4. The summed E-state index contributed by atoms with van der Waals surface area (Å²) in [5.74, 6) is -0.555. The lowest BCUT2D eigenvalue weighted by molar-refractivity contribution is -0.145. The molecule has 2 aliphatic heterocycles. The van der Waals surface area contributed by atoms with Gasteiger partial charge < -0.3 is 15.3 Å². The van der Waals surface area contributed by atoms with Gasteiger partial charge in [0.25, 0.3) is 0 Å². The lowest BCUT2D eigenvalue weighted by Gasteiger charge is -2.35. The fraction of sp³-hybridized carbons (Fsp3) is 0.588. The van der Waals surface area contributed by atoms with Crippen LogP contribution in [0.4, 0.5) is 17.6 Å². The second kappa shape index (κ2) is 14.4. The van der Waals surface area contributed by atoms with E-state index < -0.39 is 23.8 Å². The van der Waals surface area contributed by atoms with Crippen molar-refractivity contribution in [1.29, 1.82) is 0 Å². The first-order chi connectivity index (χ1) is 21.1. The summed E-state index contributed by atoms with van der Waals surface area (Å²) in [5, 5.41) is 13.1. The van der Waals surface area contributed by atoms with Gasteiger partial charge in [0.15, 0.2) is 0 Å². The van der Waals surface area contributed by atoms with Gasteiger partial charge in [0.1, 0.15) is 11.9 Å². The lowest BCUT2D eigenvalue weighted by atomic mass is 9.83. The van der Waals surface area contributed by atoms with E-state index in [-0.39, 0.29) is 41.9 Å². The number of aliphatic carboxylic acids is 1. The predicted octanol–water partition coefficient (Wildman–Crippen LogP) is 6.31. The van der Waals surface area contributed by atoms with E-state index in [4.69, 9.17) is 0 Å². The molecule has 3 atom stereocenters. The van der Waals surface area contributed by atoms with Crippen LogP contribution >= 0.6 is 0 Å². The molecule has 0 unspecified atom stereocenters. The Bertz CT molecular complexity index is 1260. The average molecular weight is 618 g/mol. The van der Waals surface area contributed by atoms with E-state index in [9.17, 15) is 32.3 Å². The molecule has 2 aromatic carbocycles. The minimum Gasteiger partial charge on any atom is -0.480 e. The van der Waals surface area contributed by atoms with Crippen molar-refractivity contribution >= 4 is 11.9 Å². The van der Waals surface area contributed by atoms with Gasteiger partial charge in [-0.25, -0.2) is 4.39 Å². The summed E-state index contributed by atoms with van der Waals surface area (Å²) in [7, 11) is 0. The number of halogens is 4. The maximum Gasteiger partial charge on any atom is 0.416 e. The number of nitrogens with zero attached hydrogens (tertiary/aromatic N) is 2. The molecule has 240 valence electrons. The first-order valence-corrected chi connectivity index (χ1v) is 15.9. The van der Waals surface area contributed by atoms with Gasteiger partial charge in [0.05, 0.1) is 5.56 Å². The average Bonchev–Trinajstić information content (AvgIpc) is 3.40. The molecule has 1 aliphatic carbocycles. The number of benzene rings is 2. The standard InChI is InChI=1S/C34H43F4N3O3/c35-29-8-4-7-26(18-29)30-22-41(32(33(43)44)25-5-2-1-3-6-25)21-27(30)20-40-15-13-23(14-16-40)17-31(42)39-19-24-9-11-28(12-10-24)34(36,37)38/h4,7-12,18,23,25,27,30,32H,1-3,5-6,13-17,19-22H2,(H,39,42)(H,43,44)/t27-,30+,32+/m0/s1. The van der Waals surface area contributed by atoms with Gasteiger partial charge in [-0.15, -0.1) is 0 Å². The fourth-order valence-corrected chi connectivity index (χ4v) is 7.59. The summed E-state index contributed by atoms with van der Waals surface area (Å²) in [6.45, 7) is 3.91. The monoisotopic (exact) mass is 617 g/mol. The van der Waals surface area contributed by atoms with Crippen LogP contribution in [-0.2, 0) is 22.3 Å². The maximum atomic E-state index is 14.2. The quantitative estimate of drug-likeness (QED) is 0.306. The highest BCUT2D eigenvalue weighted by molar-refractivity contribution is 5.76. The Morgan fingerprint density at radius 1 is 0.955 bits per heavy atom. The highest BCUT2D eigenvalue weighted by Crippen LogP contribution is 2.39. The number of nitrogens with one attached hydrogen (secondary N) is 1. The number of carboxylic acid groups (broad SMARTS) is 1. The molecule has 0 bridgehead atoms. The zero-order chi connectivity index (χ0) is 31.3. The second-order valence-electron chi connectivity index (χ2n) is 13.0. The number of amides is 1. The molecular formula is C34H43F4N3O3. The molecule has 1 amide bonds. The molecule has 2 saturated heterocycles. The number of rotatable bonds is 10. The summed E-state index contributed by atoms with van der Waals surface area (Å²) in [6.07, 6.45) is 2.88. The fourth-order valence-electron chi connectivity index (χ4n) is 7.59. The molecule has 3 aliphatic rings. The molecule has 10 heteroatoms. The molecule has 0 aromatic heterocycles. The molecule has 2 aromatic rings. The van der Waals surface area contributed by atoms with Crippen molar-refractivity contribution in [3.63, 3.8) is 0 Å². The van der Waals surface area contributed by atoms with Crippen LogP contribution in [0.3, 0.4) is 0 Å². The molecule has 1 saturated carbocycles. The van der Waals surface area contributed by atoms with E-state index in [2.05, 4.69) is 15.1 Å². The third-order valence-electron chi connectivity index (χ3n) is 9.93. The van der Waals surface area contributed by atoms with Crippen LogP contribution in [0.2, 0.25) is 0 Å². The number of likely N-dealkylation sites (tertiary alicyclic amines) is 2. The summed E-state index contributed by atoms with van der Waals surface area (Å²) in [6, 6.07) is 11.0. The predicted molar refractivity (Wildman–Crippen MR) is 159 cm³/mol. The van der Waals surface area contributed by atoms with Crippen LogP contribution in [-0.4, -0.2) is 65.5 Å². The lowest BCUT2D eigenvalue weighted by Crippen LogP contribution is -2.46. The van der Waals surface area contributed by atoms with E-state index in [1.807, 2.05) is 6.07 Å². The number of hydrogen-bond acceptors (Lipinski definition) is 4. The maximum absolute atomic E-state index is 14.2. The molecule has 5 rings (SSSR count). The SMILES string of the molecule is O=C(CC1CCN(C[C@H]2CN([C@@H](C(=O)O)C3CCCCC3)C[C@@H]2c2cccc(F)c2)CC1)NCc1ccc(C(F)(F)F)cc1. The van der Waals surface area contributed by atoms with Crippen molar-refractivity contribution in [2.75, 3.05) is 32.7 Å². The number of carbonyl (C=O) groups excluding carboxylic acids is 1. The van der Waals surface area contributed by atoms with E-state index in [1.54, 1.807) is 12.1 Å². The normalized spacial score (nSPS) is 23.5. The number of hydrogen-bond donors (Lipinski definition) is 2. The second-order valence-corrected chi connectivity index (χ2v) is 13.0. The van der Waals surface area contributed by atoms with Crippen molar-refractivity contribution in [2.24, 2.45) is 17.8 Å². The third kappa shape index (κ3) is 8.38. The highest BCUT2D eigenvalue weighted by Gasteiger charge is 2.43. The van der Waals surface area contributed by atoms with Gasteiger partial charge in [-0.3, -0.25) is 14.5 Å². The van der Waals surface area contributed by atoms with Crippen molar-refractivity contribution in [2.45, 2.75) is 76.0 Å². The van der Waals surface area contributed by atoms with Crippen molar-refractivity contribution in [1.82, 2.24) is 15.1 Å². The van der Waals surface area contributed by atoms with Gasteiger partial charge in [0, 0.05) is 38.5 Å². The van der Waals surface area contributed by atoms with Crippen molar-refractivity contribution < 1.29 is 32.3 Å². The Labute approximate surface area is 256 Å². The van der Waals surface area contributed by atoms with Gasteiger partial charge in [0.2, 0.25) is 5.91 Å². The Kier molecular flexibility index (Phi) is 10.6. The van der Waals surface area contributed by atoms with Crippen molar-refractivity contribution in [3.05, 3.63) is 71.0 Å². The topological polar surface area (TPSA) is 72.9 Å². The summed E-state index contributed by atoms with van der Waals surface area (Å²) in [4.78, 5) is 29.6. The molecule has 6 nitrogen and oxygen atoms in total. The number of piperidine rings is 1. The van der Waals surface area contributed by atoms with Crippen LogP contribution in [0.25, 0.3) is 0 Å². The van der Waals surface area contributed by atoms with Crippen LogP contribution in [0.15, 0.2) is 48.5 Å². The van der Waals surface area contributed by atoms with Crippen LogP contribution in [0.1, 0.15) is 74.0 Å². The smallest absolute Gasteiger partial charge is 0.416 e. The largest absolute Gasteiger partial charge is 0.480 e. The Balaban J connectivity index is 1.14. The van der Waals surface area contributed by atoms with E-state index in [0.717, 1.165) is 82.3 Å². The molecule has 2 N–H and O–H groups in total. The number of alkyl halides is 3. The number of carbonyl (C=O) groups is 2. The molecule has 0 spiro atoms. The minimum absolute atomic E-state index is 0.0461. The zero-order valence-electron chi connectivity index (χ0n) is 25.1. The van der Waals surface area contributed by atoms with Gasteiger partial charge in [-0.1, -0.05) is 43.5 Å². The molecule has 3 fully saturated rings. The van der Waals surface area contributed by atoms with E-state index in [0.29, 0.717) is 25.1 Å². The van der Waals surface area contributed by atoms with Crippen molar-refractivity contribution in [3.8, 4) is 0 Å².